The van der Waals surface area contributed by atoms with Crippen molar-refractivity contribution in [1.82, 2.24) is 15.0 Å². The maximum absolute atomic E-state index is 11.9. The number of nitrogens with one attached hydrogen (secondary N) is 1. The van der Waals surface area contributed by atoms with Gasteiger partial charge in [0, 0.05) is 19.4 Å². The van der Waals surface area contributed by atoms with E-state index in [-0.39, 0.29) is 53.9 Å². The zero-order valence-corrected chi connectivity index (χ0v) is 27.5. The van der Waals surface area contributed by atoms with Crippen LogP contribution in [-0.4, -0.2) is 56.9 Å². The van der Waals surface area contributed by atoms with Crippen molar-refractivity contribution < 1.29 is 36.9 Å². The molecule has 0 saturated heterocycles. The molecule has 0 fully saturated rings. The molecule has 0 unspecified atom stereocenters. The van der Waals surface area contributed by atoms with Crippen molar-refractivity contribution in [2.24, 2.45) is 4.36 Å². The van der Waals surface area contributed by atoms with Crippen molar-refractivity contribution in [3.8, 4) is 23.1 Å². The second-order valence-corrected chi connectivity index (χ2v) is 11.2. The lowest BCUT2D eigenvalue weighted by Crippen LogP contribution is -2.18. The Hall–Kier alpha value is -4.79. The van der Waals surface area contributed by atoms with Gasteiger partial charge in [0.2, 0.25) is 11.6 Å². The molecule has 4 rings (SSSR count). The lowest BCUT2D eigenvalue weighted by molar-refractivity contribution is 0.134. The Labute approximate surface area is 273 Å². The molecule has 0 bridgehead atoms. The summed E-state index contributed by atoms with van der Waals surface area (Å²) >= 11 is 6.22. The van der Waals surface area contributed by atoms with Crippen LogP contribution in [0.4, 0.5) is 16.4 Å². The molecule has 244 valence electrons. The van der Waals surface area contributed by atoms with Crippen LogP contribution in [0.3, 0.4) is 0 Å². The number of amides is 1. The highest BCUT2D eigenvalue weighted by Gasteiger charge is 2.21. The predicted molar refractivity (Wildman–Crippen MR) is 172 cm³/mol. The van der Waals surface area contributed by atoms with E-state index in [9.17, 15) is 13.2 Å². The zero-order chi connectivity index (χ0) is 33.5. The van der Waals surface area contributed by atoms with Gasteiger partial charge in [0.1, 0.15) is 37.1 Å². The number of rotatable bonds is 11. The average molecular weight is 672 g/mol. The number of halogens is 1. The summed E-state index contributed by atoms with van der Waals surface area (Å²) in [6, 6.07) is 20.1. The van der Waals surface area contributed by atoms with Gasteiger partial charge in [-0.1, -0.05) is 68.8 Å². The van der Waals surface area contributed by atoms with E-state index in [1.807, 2.05) is 0 Å². The van der Waals surface area contributed by atoms with Crippen molar-refractivity contribution in [1.29, 1.82) is 0 Å². The summed E-state index contributed by atoms with van der Waals surface area (Å²) in [6.45, 7) is 6.23. The molecule has 0 radical (unpaired) electrons. The first-order chi connectivity index (χ1) is 22.0. The molecule has 13 nitrogen and oxygen atoms in total. The summed E-state index contributed by atoms with van der Waals surface area (Å²) in [5.41, 5.74) is 1.69. The maximum Gasteiger partial charge on any atom is 0.412 e. The minimum absolute atomic E-state index is 0.0644. The van der Waals surface area contributed by atoms with Crippen molar-refractivity contribution in [3.05, 3.63) is 89.3 Å². The Kier molecular flexibility index (Phi) is 13.7. The van der Waals surface area contributed by atoms with Gasteiger partial charge < -0.3 is 23.7 Å². The summed E-state index contributed by atoms with van der Waals surface area (Å²) in [5, 5.41) is 2.64. The summed E-state index contributed by atoms with van der Waals surface area (Å²) < 4.78 is 52.8. The number of pyridine rings is 1. The third-order valence-corrected chi connectivity index (χ3v) is 6.37. The van der Waals surface area contributed by atoms with Crippen LogP contribution >= 0.6 is 11.6 Å². The van der Waals surface area contributed by atoms with Gasteiger partial charge in [-0.2, -0.15) is 13.4 Å². The van der Waals surface area contributed by atoms with Gasteiger partial charge >= 0.3 is 16.6 Å². The number of methoxy groups -OCH3 is 2. The number of benzene rings is 2. The Morgan fingerprint density at radius 1 is 0.978 bits per heavy atom. The number of nitrogens with zero attached hydrogens (tertiary/aromatic N) is 4. The third-order valence-electron chi connectivity index (χ3n) is 5.74. The molecule has 2 aromatic heterocycles. The Morgan fingerprint density at radius 2 is 1.72 bits per heavy atom. The summed E-state index contributed by atoms with van der Waals surface area (Å²) in [7, 11) is -0.0249. The smallest absolute Gasteiger partial charge is 0.412 e. The molecule has 2 heterocycles. The van der Waals surface area contributed by atoms with Crippen molar-refractivity contribution in [2.75, 3.05) is 32.8 Å². The number of hydrogen-bond acceptors (Lipinski definition) is 12. The van der Waals surface area contributed by atoms with Crippen LogP contribution in [0.1, 0.15) is 32.2 Å². The fourth-order valence-corrected chi connectivity index (χ4v) is 3.98. The minimum atomic E-state index is -2.88. The van der Waals surface area contributed by atoms with Gasteiger partial charge in [-0.3, -0.25) is 5.32 Å². The molecule has 46 heavy (non-hydrogen) atoms. The molecule has 0 aliphatic rings. The maximum atomic E-state index is 11.9. The fraction of sp³-hybridized carbons (Fsp3) is 0.290. The van der Waals surface area contributed by atoms with Crippen LogP contribution < -0.4 is 19.5 Å². The van der Waals surface area contributed by atoms with Gasteiger partial charge in [-0.05, 0) is 35.2 Å². The monoisotopic (exact) mass is 671 g/mol. The van der Waals surface area contributed by atoms with Gasteiger partial charge in [-0.25, -0.2) is 14.8 Å². The SMILES string of the molecule is CC(C)(C)c1ccccc1.COCc1nc(N=S(=O)=O)c(Oc2cc(OC)ccc2Cl)c(OCCOC(=O)Nc2ccccn2)n1. The first-order valence-electron chi connectivity index (χ1n) is 13.8. The van der Waals surface area contributed by atoms with Crippen LogP contribution in [0, 0.1) is 0 Å². The van der Waals surface area contributed by atoms with Crippen LogP contribution in [0.2, 0.25) is 5.02 Å². The van der Waals surface area contributed by atoms with Crippen molar-refractivity contribution in [2.45, 2.75) is 32.8 Å². The normalized spacial score (nSPS) is 10.6. The standard InChI is InChI=1S/C21H20ClN5O8S.C10H14/c1-31-12-17-24-19(27-36(29)30)18(35-15-11-13(32-2)6-7-14(15)22)20(25-17)33-9-10-34-21(28)26-16-5-3-4-8-23-16;1-10(2,3)9-7-5-4-6-8-9/h3-8,11H,9-10,12H2,1-2H3,(H,23,26,28);4-8H,1-3H3. The number of carbonyl (C=O) groups excluding carboxylic acids is 1. The van der Waals surface area contributed by atoms with Crippen LogP contribution in [0.15, 0.2) is 77.3 Å². The largest absolute Gasteiger partial charge is 0.497 e. The minimum Gasteiger partial charge on any atom is -0.497 e. The molecule has 0 aliphatic heterocycles. The molecule has 0 aliphatic carbocycles. The Morgan fingerprint density at radius 3 is 2.33 bits per heavy atom. The molecule has 1 amide bonds. The zero-order valence-electron chi connectivity index (χ0n) is 25.9. The van der Waals surface area contributed by atoms with E-state index in [4.69, 9.17) is 35.3 Å². The molecule has 0 saturated carbocycles. The highest BCUT2D eigenvalue weighted by Crippen LogP contribution is 2.41. The van der Waals surface area contributed by atoms with E-state index < -0.39 is 16.6 Å². The Bertz CT molecular complexity index is 1710. The number of anilines is 1. The molecule has 0 atom stereocenters. The topological polar surface area (TPSA) is 160 Å². The van der Waals surface area contributed by atoms with E-state index in [0.717, 1.165) is 0 Å². The average Bonchev–Trinajstić information content (AvgIpc) is 3.02. The second-order valence-electron chi connectivity index (χ2n) is 10.2. The predicted octanol–water partition coefficient (Wildman–Crippen LogP) is 6.78. The van der Waals surface area contributed by atoms with Gasteiger partial charge in [-0.15, -0.1) is 4.36 Å². The second kappa shape index (κ2) is 17.6. The summed E-state index contributed by atoms with van der Waals surface area (Å²) in [4.78, 5) is 24.2. The van der Waals surface area contributed by atoms with Crippen LogP contribution in [0.5, 0.6) is 23.1 Å². The van der Waals surface area contributed by atoms with Crippen molar-refractivity contribution >= 4 is 39.8 Å². The van der Waals surface area contributed by atoms with E-state index in [1.165, 1.54) is 38.1 Å². The lowest BCUT2D eigenvalue weighted by Gasteiger charge is -2.18. The van der Waals surface area contributed by atoms with E-state index >= 15 is 0 Å². The molecule has 1 N–H and O–H groups in total. The third kappa shape index (κ3) is 11.6. The highest BCUT2D eigenvalue weighted by molar-refractivity contribution is 7.61. The van der Waals surface area contributed by atoms with Gasteiger partial charge in [0.05, 0.1) is 12.1 Å². The molecular weight excluding hydrogens is 638 g/mol. The van der Waals surface area contributed by atoms with E-state index in [0.29, 0.717) is 17.0 Å². The number of hydrogen-bond donors (Lipinski definition) is 1. The van der Waals surface area contributed by atoms with Gasteiger partial charge in [0.25, 0.3) is 5.88 Å². The number of aromatic nitrogens is 3. The molecule has 0 spiro atoms. The lowest BCUT2D eigenvalue weighted by atomic mass is 9.87. The first kappa shape index (κ1) is 35.7. The fourth-order valence-electron chi connectivity index (χ4n) is 3.56. The highest BCUT2D eigenvalue weighted by atomic mass is 35.5. The van der Waals surface area contributed by atoms with Gasteiger partial charge in [0.15, 0.2) is 5.82 Å². The summed E-state index contributed by atoms with van der Waals surface area (Å²) in [5.74, 6) is 0.116. The molecular formula is C31H34ClN5O8S. The van der Waals surface area contributed by atoms with Crippen LogP contribution in [-0.2, 0) is 32.0 Å². The number of carbonyl (C=O) groups is 1. The Balaban J connectivity index is 0.000000489. The summed E-state index contributed by atoms with van der Waals surface area (Å²) in [6.07, 6.45) is 0.760. The quantitative estimate of drug-likeness (QED) is 0.167. The van der Waals surface area contributed by atoms with E-state index in [1.54, 1.807) is 24.3 Å². The number of ether oxygens (including phenoxy) is 5. The molecule has 4 aromatic rings. The van der Waals surface area contributed by atoms with Crippen molar-refractivity contribution in [3.63, 3.8) is 0 Å². The molecule has 15 heteroatoms. The molecule has 2 aromatic carbocycles. The van der Waals surface area contributed by atoms with Crippen LogP contribution in [0.25, 0.3) is 0 Å². The van der Waals surface area contributed by atoms with E-state index in [2.05, 4.69) is 75.7 Å². The first-order valence-corrected chi connectivity index (χ1v) is 15.2.